The average Bonchev–Trinajstić information content (AvgIpc) is 2.45. The predicted molar refractivity (Wildman–Crippen MR) is 76.6 cm³/mol. The number of carbonyl (C=O) groups excluding carboxylic acids is 1. The van der Waals surface area contributed by atoms with Crippen LogP contribution in [0, 0.1) is 0 Å². The Hall–Kier alpha value is -1.43. The minimum absolute atomic E-state index is 0.353. The van der Waals surface area contributed by atoms with Crippen molar-refractivity contribution in [3.63, 3.8) is 0 Å². The van der Waals surface area contributed by atoms with Crippen LogP contribution in [0.4, 0.5) is 0 Å². The number of nitrogens with one attached hydrogen (secondary N) is 1. The van der Waals surface area contributed by atoms with Crippen molar-refractivity contribution in [1.82, 2.24) is 5.32 Å². The van der Waals surface area contributed by atoms with E-state index in [1.54, 1.807) is 26.2 Å². The second-order valence-electron chi connectivity index (χ2n) is 4.99. The number of benzene rings is 1. The van der Waals surface area contributed by atoms with E-state index in [9.17, 15) is 9.90 Å². The molecule has 0 fully saturated rings. The molecule has 20 heavy (non-hydrogen) atoms. The fourth-order valence-corrected chi connectivity index (χ4v) is 1.86. The number of ether oxygens (including phenoxy) is 2. The van der Waals surface area contributed by atoms with Crippen molar-refractivity contribution in [2.75, 3.05) is 27.4 Å². The van der Waals surface area contributed by atoms with Gasteiger partial charge in [-0.15, -0.1) is 0 Å². The summed E-state index contributed by atoms with van der Waals surface area (Å²) in [5.41, 5.74) is 0.553. The summed E-state index contributed by atoms with van der Waals surface area (Å²) in [5.74, 6) is -0.353. The summed E-state index contributed by atoms with van der Waals surface area (Å²) in [7, 11) is 2.97. The number of hydrogen-bond donors (Lipinski definition) is 2. The lowest BCUT2D eigenvalue weighted by Crippen LogP contribution is -2.38. The van der Waals surface area contributed by atoms with Gasteiger partial charge in [-0.3, -0.25) is 0 Å². The largest absolute Gasteiger partial charge is 0.465 e. The highest BCUT2D eigenvalue weighted by molar-refractivity contribution is 5.90. The zero-order valence-corrected chi connectivity index (χ0v) is 12.3. The second kappa shape index (κ2) is 7.99. The van der Waals surface area contributed by atoms with Gasteiger partial charge in [-0.2, -0.15) is 0 Å². The third-order valence-corrected chi connectivity index (χ3v) is 3.09. The third-order valence-electron chi connectivity index (χ3n) is 3.09. The summed E-state index contributed by atoms with van der Waals surface area (Å²) in [6, 6.07) is 7.26. The Bertz CT molecular complexity index is 432. The molecule has 2 N–H and O–H groups in total. The van der Waals surface area contributed by atoms with Crippen LogP contribution in [0.5, 0.6) is 0 Å². The Kier molecular flexibility index (Phi) is 6.64. The highest BCUT2D eigenvalue weighted by atomic mass is 16.5. The molecule has 0 aromatic heterocycles. The number of methoxy groups -OCH3 is 2. The summed E-state index contributed by atoms with van der Waals surface area (Å²) in [5, 5.41) is 13.3. The molecule has 1 unspecified atom stereocenters. The zero-order valence-electron chi connectivity index (χ0n) is 12.3. The Labute approximate surface area is 119 Å². The number of rotatable bonds is 8. The molecule has 0 aliphatic heterocycles. The molecule has 0 bridgehead atoms. The molecule has 0 aliphatic carbocycles. The van der Waals surface area contributed by atoms with Crippen LogP contribution in [0.1, 0.15) is 29.3 Å². The van der Waals surface area contributed by atoms with Gasteiger partial charge in [0.2, 0.25) is 0 Å². The van der Waals surface area contributed by atoms with E-state index in [-0.39, 0.29) is 5.97 Å². The lowest BCUT2D eigenvalue weighted by Gasteiger charge is -2.23. The van der Waals surface area contributed by atoms with E-state index in [4.69, 9.17) is 9.47 Å². The van der Waals surface area contributed by atoms with Gasteiger partial charge >= 0.3 is 5.97 Å². The van der Waals surface area contributed by atoms with Crippen molar-refractivity contribution >= 4 is 5.97 Å². The smallest absolute Gasteiger partial charge is 0.338 e. The summed E-state index contributed by atoms with van der Waals surface area (Å²) >= 11 is 0. The number of hydrogen-bond acceptors (Lipinski definition) is 5. The summed E-state index contributed by atoms with van der Waals surface area (Å²) in [6.45, 7) is 3.18. The molecule has 1 aromatic carbocycles. The molecule has 0 heterocycles. The van der Waals surface area contributed by atoms with Crippen LogP contribution in [0.2, 0.25) is 0 Å². The van der Waals surface area contributed by atoms with Crippen molar-refractivity contribution < 1.29 is 19.4 Å². The maximum absolute atomic E-state index is 11.6. The van der Waals surface area contributed by atoms with Crippen molar-refractivity contribution in [3.8, 4) is 0 Å². The van der Waals surface area contributed by atoms with Gasteiger partial charge in [-0.05, 0) is 18.6 Å². The van der Waals surface area contributed by atoms with Crippen molar-refractivity contribution in [1.29, 1.82) is 0 Å². The monoisotopic (exact) mass is 281 g/mol. The molecule has 0 radical (unpaired) electrons. The van der Waals surface area contributed by atoms with E-state index in [0.717, 1.165) is 5.56 Å². The maximum Gasteiger partial charge on any atom is 0.338 e. The molecule has 0 aliphatic rings. The lowest BCUT2D eigenvalue weighted by atomic mass is 10.0. The van der Waals surface area contributed by atoms with E-state index in [2.05, 4.69) is 5.32 Å². The lowest BCUT2D eigenvalue weighted by molar-refractivity contribution is 0.0247. The molecule has 1 atom stereocenters. The first kappa shape index (κ1) is 16.6. The SMILES string of the molecule is COCCC(C)(O)CNCc1ccccc1C(=O)OC. The highest BCUT2D eigenvalue weighted by Gasteiger charge is 2.19. The van der Waals surface area contributed by atoms with Crippen LogP contribution in [0.25, 0.3) is 0 Å². The van der Waals surface area contributed by atoms with E-state index < -0.39 is 5.60 Å². The predicted octanol–water partition coefficient (Wildman–Crippen LogP) is 1.35. The number of carbonyl (C=O) groups is 1. The Morgan fingerprint density at radius 1 is 1.35 bits per heavy atom. The van der Waals surface area contributed by atoms with Gasteiger partial charge < -0.3 is 19.9 Å². The standard InChI is InChI=1S/C15H23NO4/c1-15(18,8-9-19-2)11-16-10-12-6-4-5-7-13(12)14(17)20-3/h4-7,16,18H,8-11H2,1-3H3. The van der Waals surface area contributed by atoms with Gasteiger partial charge in [0, 0.05) is 33.2 Å². The van der Waals surface area contributed by atoms with Crippen molar-refractivity contribution in [2.24, 2.45) is 0 Å². The quantitative estimate of drug-likeness (QED) is 0.704. The highest BCUT2D eigenvalue weighted by Crippen LogP contribution is 2.11. The van der Waals surface area contributed by atoms with Gasteiger partial charge in [-0.25, -0.2) is 4.79 Å². The van der Waals surface area contributed by atoms with Crippen LogP contribution in [0.3, 0.4) is 0 Å². The Morgan fingerprint density at radius 3 is 2.70 bits per heavy atom. The number of esters is 1. The molecule has 1 aromatic rings. The van der Waals surface area contributed by atoms with Gasteiger partial charge in [0.15, 0.2) is 0 Å². The molecule has 5 heteroatoms. The third kappa shape index (κ3) is 5.28. The average molecular weight is 281 g/mol. The molecular formula is C15H23NO4. The molecule has 0 amide bonds. The van der Waals surface area contributed by atoms with E-state index in [0.29, 0.717) is 31.7 Å². The van der Waals surface area contributed by atoms with Gasteiger partial charge in [0.1, 0.15) is 0 Å². The number of aliphatic hydroxyl groups is 1. The van der Waals surface area contributed by atoms with Crippen molar-refractivity contribution in [3.05, 3.63) is 35.4 Å². The Morgan fingerprint density at radius 2 is 2.05 bits per heavy atom. The van der Waals surface area contributed by atoms with E-state index >= 15 is 0 Å². The Balaban J connectivity index is 2.56. The van der Waals surface area contributed by atoms with Gasteiger partial charge in [0.05, 0.1) is 18.3 Å². The van der Waals surface area contributed by atoms with E-state index in [1.165, 1.54) is 7.11 Å². The van der Waals surface area contributed by atoms with E-state index in [1.807, 2.05) is 12.1 Å². The van der Waals surface area contributed by atoms with Crippen molar-refractivity contribution in [2.45, 2.75) is 25.5 Å². The van der Waals surface area contributed by atoms with Gasteiger partial charge in [-0.1, -0.05) is 18.2 Å². The van der Waals surface area contributed by atoms with Crippen LogP contribution < -0.4 is 5.32 Å². The second-order valence-corrected chi connectivity index (χ2v) is 4.99. The topological polar surface area (TPSA) is 67.8 Å². The first-order valence-electron chi connectivity index (χ1n) is 6.58. The van der Waals surface area contributed by atoms with Crippen LogP contribution in [-0.4, -0.2) is 44.0 Å². The van der Waals surface area contributed by atoms with Crippen LogP contribution in [0.15, 0.2) is 24.3 Å². The van der Waals surface area contributed by atoms with Gasteiger partial charge in [0.25, 0.3) is 0 Å². The molecule has 0 saturated heterocycles. The molecule has 112 valence electrons. The molecule has 0 spiro atoms. The summed E-state index contributed by atoms with van der Waals surface area (Å²) in [6.07, 6.45) is 0.551. The fraction of sp³-hybridized carbons (Fsp3) is 0.533. The minimum atomic E-state index is -0.837. The molecule has 0 saturated carbocycles. The fourth-order valence-electron chi connectivity index (χ4n) is 1.86. The summed E-state index contributed by atoms with van der Waals surface area (Å²) in [4.78, 5) is 11.6. The first-order chi connectivity index (χ1) is 9.50. The molecular weight excluding hydrogens is 258 g/mol. The maximum atomic E-state index is 11.6. The summed E-state index contributed by atoms with van der Waals surface area (Å²) < 4.78 is 9.70. The molecule has 1 rings (SSSR count). The normalized spacial score (nSPS) is 13.8. The van der Waals surface area contributed by atoms with Crippen LogP contribution in [-0.2, 0) is 16.0 Å². The molecule has 5 nitrogen and oxygen atoms in total. The van der Waals surface area contributed by atoms with Crippen LogP contribution >= 0.6 is 0 Å². The zero-order chi connectivity index (χ0) is 15.0. The first-order valence-corrected chi connectivity index (χ1v) is 6.58. The minimum Gasteiger partial charge on any atom is -0.465 e.